The lowest BCUT2D eigenvalue weighted by atomic mass is 9.99. The second kappa shape index (κ2) is 4.90. The van der Waals surface area contributed by atoms with Crippen molar-refractivity contribution in [2.24, 2.45) is 0 Å². The summed E-state index contributed by atoms with van der Waals surface area (Å²) in [6, 6.07) is -0.567. The number of amides is 1. The van der Waals surface area contributed by atoms with Crippen LogP contribution < -0.4 is 5.32 Å². The van der Waals surface area contributed by atoms with Gasteiger partial charge in [0.05, 0.1) is 6.61 Å². The summed E-state index contributed by atoms with van der Waals surface area (Å²) >= 11 is 0. The number of nitrogens with one attached hydrogen (secondary N) is 1. The lowest BCUT2D eigenvalue weighted by Crippen LogP contribution is -2.62. The molecule has 2 N–H and O–H groups in total. The topological polar surface area (TPSA) is 77.0 Å². The molecule has 0 saturated carbocycles. The third-order valence-corrected chi connectivity index (χ3v) is 3.94. The molecule has 0 aromatic heterocycles. The van der Waals surface area contributed by atoms with Crippen LogP contribution in [0.3, 0.4) is 0 Å². The summed E-state index contributed by atoms with van der Waals surface area (Å²) in [4.78, 5) is 11.2. The Morgan fingerprint density at radius 1 is 1.44 bits per heavy atom. The predicted octanol–water partition coefficient (Wildman–Crippen LogP) is -0.173. The number of hydrogen-bond donors (Lipinski definition) is 2. The van der Waals surface area contributed by atoms with Gasteiger partial charge in [-0.1, -0.05) is 0 Å². The predicted molar refractivity (Wildman–Crippen MR) is 66.4 cm³/mol. The van der Waals surface area contributed by atoms with Crippen LogP contribution in [-0.2, 0) is 18.7 Å². The van der Waals surface area contributed by atoms with Gasteiger partial charge in [0, 0.05) is 6.92 Å². The van der Waals surface area contributed by atoms with Crippen molar-refractivity contribution in [3.8, 4) is 0 Å². The molecule has 1 unspecified atom stereocenters. The molecule has 2 heterocycles. The number of rotatable bonds is 3. The van der Waals surface area contributed by atoms with Crippen LogP contribution >= 0.6 is 0 Å². The lowest BCUT2D eigenvalue weighted by molar-refractivity contribution is -0.182. The van der Waals surface area contributed by atoms with Crippen LogP contribution in [-0.4, -0.2) is 56.6 Å². The van der Waals surface area contributed by atoms with E-state index in [0.717, 1.165) is 0 Å². The van der Waals surface area contributed by atoms with Gasteiger partial charge in [-0.15, -0.1) is 0 Å². The van der Waals surface area contributed by atoms with E-state index in [1.807, 2.05) is 0 Å². The fourth-order valence-electron chi connectivity index (χ4n) is 2.33. The molecule has 2 rings (SSSR count). The Morgan fingerprint density at radius 2 is 2.11 bits per heavy atom. The van der Waals surface area contributed by atoms with Crippen LogP contribution in [0, 0.1) is 0 Å². The number of fused-ring (bicyclic) bond motifs is 2. The average molecular weight is 275 g/mol. The van der Waals surface area contributed by atoms with E-state index in [9.17, 15) is 9.90 Å². The molecule has 2 bridgehead atoms. The molecule has 2 aliphatic rings. The van der Waals surface area contributed by atoms with Crippen LogP contribution in [0.2, 0.25) is 19.6 Å². The summed E-state index contributed by atoms with van der Waals surface area (Å²) in [7, 11) is -1.80. The smallest absolute Gasteiger partial charge is 0.217 e. The molecule has 0 radical (unpaired) electrons. The third-order valence-electron chi connectivity index (χ3n) is 2.96. The van der Waals surface area contributed by atoms with Gasteiger partial charge >= 0.3 is 0 Å². The first-order valence-corrected chi connectivity index (χ1v) is 9.59. The molecule has 2 aliphatic heterocycles. The Hall–Kier alpha value is -0.473. The molecule has 2 saturated heterocycles. The standard InChI is InChI=1S/C11H21NO5Si/c1-6(13)12-8-9(14)10(17-18(2,3)4)7-5-15-11(8)16-7/h7-11,14H,5H2,1-4H3,(H,12,13)/t7-,8-,9-,10-,11?/m1/s1. The van der Waals surface area contributed by atoms with Gasteiger partial charge in [0.2, 0.25) is 5.91 Å². The number of hydrogen-bond acceptors (Lipinski definition) is 5. The van der Waals surface area contributed by atoms with E-state index in [2.05, 4.69) is 25.0 Å². The minimum atomic E-state index is -1.80. The van der Waals surface area contributed by atoms with Crippen molar-refractivity contribution >= 4 is 14.2 Å². The SMILES string of the molecule is CC(=O)N[C@H]1C2OC[C@@H](O2)[C@@H](O[Si](C)(C)C)[C@@H]1O. The molecule has 7 heteroatoms. The number of ether oxygens (including phenoxy) is 2. The molecule has 6 nitrogen and oxygen atoms in total. The maximum absolute atomic E-state index is 11.2. The zero-order valence-electron chi connectivity index (χ0n) is 11.2. The molecule has 0 spiro atoms. The van der Waals surface area contributed by atoms with Crippen molar-refractivity contribution in [3.05, 3.63) is 0 Å². The average Bonchev–Trinajstić information content (AvgIpc) is 2.64. The molecular weight excluding hydrogens is 254 g/mol. The van der Waals surface area contributed by atoms with E-state index < -0.39 is 32.9 Å². The zero-order valence-corrected chi connectivity index (χ0v) is 12.2. The fraction of sp³-hybridized carbons (Fsp3) is 0.909. The fourth-order valence-corrected chi connectivity index (χ4v) is 3.44. The minimum absolute atomic E-state index is 0.219. The van der Waals surface area contributed by atoms with Crippen molar-refractivity contribution in [1.29, 1.82) is 0 Å². The number of aliphatic hydroxyl groups excluding tert-OH is 1. The second-order valence-corrected chi connectivity index (χ2v) is 10.2. The van der Waals surface area contributed by atoms with Crippen molar-refractivity contribution in [3.63, 3.8) is 0 Å². The third kappa shape index (κ3) is 2.92. The first-order chi connectivity index (χ1) is 8.28. The quantitative estimate of drug-likeness (QED) is 0.699. The number of carbonyl (C=O) groups is 1. The van der Waals surface area contributed by atoms with Crippen LogP contribution in [0.15, 0.2) is 0 Å². The van der Waals surface area contributed by atoms with Crippen LogP contribution in [0.4, 0.5) is 0 Å². The number of carbonyl (C=O) groups excluding carboxylic acids is 1. The monoisotopic (exact) mass is 275 g/mol. The molecule has 18 heavy (non-hydrogen) atoms. The summed E-state index contributed by atoms with van der Waals surface area (Å²) in [5, 5.41) is 13.0. The molecular formula is C11H21NO5Si. The lowest BCUT2D eigenvalue weighted by Gasteiger charge is -2.40. The van der Waals surface area contributed by atoms with E-state index in [4.69, 9.17) is 13.9 Å². The highest BCUT2D eigenvalue weighted by Crippen LogP contribution is 2.31. The van der Waals surface area contributed by atoms with Crippen LogP contribution in [0.25, 0.3) is 0 Å². The van der Waals surface area contributed by atoms with Gasteiger partial charge in [0.15, 0.2) is 14.6 Å². The Balaban J connectivity index is 2.12. The molecule has 0 aliphatic carbocycles. The molecule has 0 aromatic carbocycles. The van der Waals surface area contributed by atoms with Crippen LogP contribution in [0.5, 0.6) is 0 Å². The summed E-state index contributed by atoms with van der Waals surface area (Å²) < 4.78 is 17.0. The molecule has 104 valence electrons. The Morgan fingerprint density at radius 3 is 2.67 bits per heavy atom. The van der Waals surface area contributed by atoms with Gasteiger partial charge in [-0.3, -0.25) is 4.79 Å². The molecule has 5 atom stereocenters. The van der Waals surface area contributed by atoms with Crippen molar-refractivity contribution in [1.82, 2.24) is 5.32 Å². The first-order valence-electron chi connectivity index (χ1n) is 6.18. The van der Waals surface area contributed by atoms with Gasteiger partial charge in [-0.25, -0.2) is 0 Å². The minimum Gasteiger partial charge on any atom is -0.409 e. The van der Waals surface area contributed by atoms with E-state index >= 15 is 0 Å². The van der Waals surface area contributed by atoms with Crippen molar-refractivity contribution < 1.29 is 23.8 Å². The Bertz CT molecular complexity index is 332. The first kappa shape index (κ1) is 13.9. The van der Waals surface area contributed by atoms with E-state index in [0.29, 0.717) is 6.61 Å². The summed E-state index contributed by atoms with van der Waals surface area (Å²) in [6.07, 6.45) is -2.06. The maximum atomic E-state index is 11.2. The maximum Gasteiger partial charge on any atom is 0.217 e. The largest absolute Gasteiger partial charge is 0.409 e. The van der Waals surface area contributed by atoms with E-state index in [-0.39, 0.29) is 12.0 Å². The second-order valence-electron chi connectivity index (χ2n) is 5.79. The Kier molecular flexibility index (Phi) is 3.79. The van der Waals surface area contributed by atoms with E-state index in [1.54, 1.807) is 0 Å². The highest BCUT2D eigenvalue weighted by molar-refractivity contribution is 6.69. The molecule has 0 aromatic rings. The molecule has 2 fully saturated rings. The highest BCUT2D eigenvalue weighted by Gasteiger charge is 2.51. The highest BCUT2D eigenvalue weighted by atomic mass is 28.4. The normalized spacial score (nSPS) is 39.7. The van der Waals surface area contributed by atoms with Crippen molar-refractivity contribution in [2.45, 2.75) is 57.2 Å². The van der Waals surface area contributed by atoms with Gasteiger partial charge < -0.3 is 24.3 Å². The summed E-state index contributed by atoms with van der Waals surface area (Å²) in [5.74, 6) is -0.219. The molecule has 1 amide bonds. The van der Waals surface area contributed by atoms with Crippen molar-refractivity contribution in [2.75, 3.05) is 6.61 Å². The van der Waals surface area contributed by atoms with E-state index in [1.165, 1.54) is 6.92 Å². The Labute approximate surface area is 108 Å². The van der Waals surface area contributed by atoms with Gasteiger partial charge in [0.25, 0.3) is 0 Å². The van der Waals surface area contributed by atoms with Crippen LogP contribution in [0.1, 0.15) is 6.92 Å². The number of aliphatic hydroxyl groups is 1. The van der Waals surface area contributed by atoms with Gasteiger partial charge in [-0.2, -0.15) is 0 Å². The van der Waals surface area contributed by atoms with Gasteiger partial charge in [0.1, 0.15) is 24.4 Å². The van der Waals surface area contributed by atoms with Gasteiger partial charge in [-0.05, 0) is 19.6 Å². The summed E-state index contributed by atoms with van der Waals surface area (Å²) in [6.45, 7) is 7.95. The summed E-state index contributed by atoms with van der Waals surface area (Å²) in [5.41, 5.74) is 0. The zero-order chi connectivity index (χ0) is 13.5.